The summed E-state index contributed by atoms with van der Waals surface area (Å²) in [4.78, 5) is 12.1. The Kier molecular flexibility index (Phi) is 3.98. The molecule has 1 atom stereocenters. The predicted octanol–water partition coefficient (Wildman–Crippen LogP) is 2.67. The minimum atomic E-state index is -0.994. The third-order valence-electron chi connectivity index (χ3n) is 5.19. The maximum atomic E-state index is 12.1. The van der Waals surface area contributed by atoms with Gasteiger partial charge in [0.15, 0.2) is 0 Å². The van der Waals surface area contributed by atoms with Gasteiger partial charge in [0.25, 0.3) is 0 Å². The molecule has 0 saturated carbocycles. The van der Waals surface area contributed by atoms with Crippen molar-refractivity contribution in [1.29, 1.82) is 0 Å². The smallest absolute Gasteiger partial charge is 0.407 e. The van der Waals surface area contributed by atoms with Crippen LogP contribution in [-0.2, 0) is 9.47 Å². The molecule has 1 saturated heterocycles. The number of benzene rings is 2. The first-order valence-electron chi connectivity index (χ1n) is 8.50. The summed E-state index contributed by atoms with van der Waals surface area (Å²) in [5.41, 5.74) is 3.75. The lowest BCUT2D eigenvalue weighted by Crippen LogP contribution is -2.62. The number of nitrogens with one attached hydrogen (secondary N) is 1. The number of aliphatic hydroxyl groups is 1. The summed E-state index contributed by atoms with van der Waals surface area (Å²) < 4.78 is 10.5. The van der Waals surface area contributed by atoms with Gasteiger partial charge in [-0.05, 0) is 29.2 Å². The lowest BCUT2D eigenvalue weighted by molar-refractivity contribution is -0.190. The van der Waals surface area contributed by atoms with E-state index in [1.165, 1.54) is 22.3 Å². The van der Waals surface area contributed by atoms with E-state index in [2.05, 4.69) is 29.6 Å². The topological polar surface area (TPSA) is 67.8 Å². The first-order chi connectivity index (χ1) is 12.1. The molecular weight excluding hydrogens is 318 g/mol. The third-order valence-corrected chi connectivity index (χ3v) is 5.19. The molecule has 1 aliphatic heterocycles. The summed E-state index contributed by atoms with van der Waals surface area (Å²) in [6.45, 7) is 2.49. The Morgan fingerprint density at radius 1 is 1.20 bits per heavy atom. The van der Waals surface area contributed by atoms with Gasteiger partial charge in [-0.15, -0.1) is 0 Å². The van der Waals surface area contributed by atoms with E-state index in [0.717, 1.165) is 0 Å². The molecule has 1 unspecified atom stereocenters. The number of carbonyl (C=O) groups excluding carboxylic acids is 1. The van der Waals surface area contributed by atoms with E-state index in [4.69, 9.17) is 9.47 Å². The van der Waals surface area contributed by atoms with Crippen molar-refractivity contribution in [2.75, 3.05) is 19.8 Å². The molecule has 5 nitrogen and oxygen atoms in total. The summed E-state index contributed by atoms with van der Waals surface area (Å²) in [6.07, 6.45) is -0.519. The largest absolute Gasteiger partial charge is 0.449 e. The zero-order valence-electron chi connectivity index (χ0n) is 14.1. The number of amides is 1. The summed E-state index contributed by atoms with van der Waals surface area (Å²) in [6, 6.07) is 16.0. The second-order valence-corrected chi connectivity index (χ2v) is 6.79. The Balaban J connectivity index is 1.45. The summed E-state index contributed by atoms with van der Waals surface area (Å²) >= 11 is 0. The van der Waals surface area contributed by atoms with E-state index in [1.807, 2.05) is 24.3 Å². The Morgan fingerprint density at radius 2 is 1.76 bits per heavy atom. The number of hydrogen-bond donors (Lipinski definition) is 2. The predicted molar refractivity (Wildman–Crippen MR) is 93.4 cm³/mol. The quantitative estimate of drug-likeness (QED) is 0.899. The minimum absolute atomic E-state index is 0.0311. The van der Waals surface area contributed by atoms with Crippen molar-refractivity contribution >= 4 is 6.09 Å². The van der Waals surface area contributed by atoms with Crippen molar-refractivity contribution in [1.82, 2.24) is 5.32 Å². The molecule has 2 aromatic carbocycles. The van der Waals surface area contributed by atoms with Crippen molar-refractivity contribution in [3.05, 3.63) is 59.7 Å². The van der Waals surface area contributed by atoms with Crippen molar-refractivity contribution in [2.24, 2.45) is 0 Å². The normalized spacial score (nSPS) is 18.6. The molecule has 1 aliphatic carbocycles. The average molecular weight is 339 g/mol. The summed E-state index contributed by atoms with van der Waals surface area (Å²) in [5.74, 6) is 0.0311. The number of carbonyl (C=O) groups is 1. The van der Waals surface area contributed by atoms with Gasteiger partial charge in [0.2, 0.25) is 0 Å². The summed E-state index contributed by atoms with van der Waals surface area (Å²) in [5, 5.41) is 12.9. The molecule has 2 aliphatic rings. The van der Waals surface area contributed by atoms with Gasteiger partial charge in [-0.3, -0.25) is 0 Å². The van der Waals surface area contributed by atoms with Gasteiger partial charge in [0.05, 0.1) is 19.3 Å². The van der Waals surface area contributed by atoms with Crippen LogP contribution in [-0.4, -0.2) is 42.7 Å². The van der Waals surface area contributed by atoms with Gasteiger partial charge in [-0.1, -0.05) is 48.5 Å². The third kappa shape index (κ3) is 2.79. The highest BCUT2D eigenvalue weighted by Gasteiger charge is 2.42. The van der Waals surface area contributed by atoms with Crippen molar-refractivity contribution < 1.29 is 19.4 Å². The van der Waals surface area contributed by atoms with Gasteiger partial charge >= 0.3 is 6.09 Å². The molecule has 4 rings (SSSR count). The standard InChI is InChI=1S/C20H21NO4/c1-13(20(23)11-24-12-20)21-19(22)25-10-18-16-8-4-2-6-14(16)15-7-3-5-9-17(15)18/h2-9,13,18,23H,10-12H2,1H3,(H,21,22). The van der Waals surface area contributed by atoms with E-state index in [9.17, 15) is 9.90 Å². The highest BCUT2D eigenvalue weighted by molar-refractivity contribution is 5.79. The van der Waals surface area contributed by atoms with Crippen LogP contribution in [0.5, 0.6) is 0 Å². The molecule has 2 N–H and O–H groups in total. The van der Waals surface area contributed by atoms with Crippen LogP contribution in [0.4, 0.5) is 4.79 Å². The Labute approximate surface area is 146 Å². The fourth-order valence-corrected chi connectivity index (χ4v) is 3.51. The van der Waals surface area contributed by atoms with Crippen LogP contribution >= 0.6 is 0 Å². The fourth-order valence-electron chi connectivity index (χ4n) is 3.51. The van der Waals surface area contributed by atoms with E-state index in [0.29, 0.717) is 0 Å². The zero-order chi connectivity index (χ0) is 17.4. The Hall–Kier alpha value is -2.37. The lowest BCUT2D eigenvalue weighted by atomic mass is 9.94. The number of fused-ring (bicyclic) bond motifs is 3. The zero-order valence-corrected chi connectivity index (χ0v) is 14.1. The van der Waals surface area contributed by atoms with Gasteiger partial charge in [0, 0.05) is 5.92 Å². The fraction of sp³-hybridized carbons (Fsp3) is 0.350. The van der Waals surface area contributed by atoms with Gasteiger partial charge in [-0.2, -0.15) is 0 Å². The monoisotopic (exact) mass is 339 g/mol. The van der Waals surface area contributed by atoms with Crippen molar-refractivity contribution in [3.8, 4) is 11.1 Å². The van der Waals surface area contributed by atoms with Crippen LogP contribution in [0.25, 0.3) is 11.1 Å². The van der Waals surface area contributed by atoms with E-state index >= 15 is 0 Å². The molecule has 130 valence electrons. The molecule has 0 bridgehead atoms. The number of ether oxygens (including phenoxy) is 2. The maximum Gasteiger partial charge on any atom is 0.407 e. The van der Waals surface area contributed by atoms with Crippen LogP contribution in [0.1, 0.15) is 24.0 Å². The second-order valence-electron chi connectivity index (χ2n) is 6.79. The Bertz CT molecular complexity index is 754. The SMILES string of the molecule is CC(NC(=O)OCC1c2ccccc2-c2ccccc21)C1(O)COC1. The molecule has 0 radical (unpaired) electrons. The van der Waals surface area contributed by atoms with Gasteiger partial charge in [0.1, 0.15) is 12.2 Å². The van der Waals surface area contributed by atoms with Crippen molar-refractivity contribution in [2.45, 2.75) is 24.5 Å². The molecule has 1 fully saturated rings. The second kappa shape index (κ2) is 6.17. The molecule has 1 amide bonds. The molecule has 2 aromatic rings. The van der Waals surface area contributed by atoms with Gasteiger partial charge < -0.3 is 19.9 Å². The highest BCUT2D eigenvalue weighted by atomic mass is 16.6. The van der Waals surface area contributed by atoms with Crippen LogP contribution in [0.15, 0.2) is 48.5 Å². The van der Waals surface area contributed by atoms with Crippen LogP contribution in [0.3, 0.4) is 0 Å². The first kappa shape index (κ1) is 16.1. The van der Waals surface area contributed by atoms with E-state index in [1.54, 1.807) is 6.92 Å². The number of rotatable bonds is 4. The molecule has 25 heavy (non-hydrogen) atoms. The highest BCUT2D eigenvalue weighted by Crippen LogP contribution is 2.44. The molecule has 5 heteroatoms. The van der Waals surface area contributed by atoms with Crippen LogP contribution < -0.4 is 5.32 Å². The van der Waals surface area contributed by atoms with Crippen LogP contribution in [0, 0.1) is 0 Å². The molecular formula is C20H21NO4. The van der Waals surface area contributed by atoms with Gasteiger partial charge in [-0.25, -0.2) is 4.79 Å². The molecule has 0 spiro atoms. The van der Waals surface area contributed by atoms with E-state index in [-0.39, 0.29) is 25.7 Å². The first-order valence-corrected chi connectivity index (χ1v) is 8.50. The number of alkyl carbamates (subject to hydrolysis) is 1. The Morgan fingerprint density at radius 3 is 2.28 bits per heavy atom. The summed E-state index contributed by atoms with van der Waals surface area (Å²) in [7, 11) is 0. The van der Waals surface area contributed by atoms with Crippen LogP contribution in [0.2, 0.25) is 0 Å². The minimum Gasteiger partial charge on any atom is -0.449 e. The maximum absolute atomic E-state index is 12.1. The molecule has 0 aromatic heterocycles. The van der Waals surface area contributed by atoms with E-state index < -0.39 is 17.7 Å². The van der Waals surface area contributed by atoms with Crippen molar-refractivity contribution in [3.63, 3.8) is 0 Å². The average Bonchev–Trinajstić information content (AvgIpc) is 2.92. The lowest BCUT2D eigenvalue weighted by Gasteiger charge is -2.41. The number of hydrogen-bond acceptors (Lipinski definition) is 4. The molecule has 1 heterocycles.